The zero-order chi connectivity index (χ0) is 22.1. The third kappa shape index (κ3) is 2.46. The van der Waals surface area contributed by atoms with Crippen LogP contribution in [0.2, 0.25) is 0 Å². The van der Waals surface area contributed by atoms with Gasteiger partial charge in [0.05, 0.1) is 35.1 Å². The van der Waals surface area contributed by atoms with Crippen molar-refractivity contribution in [3.05, 3.63) is 56.9 Å². The molecule has 1 aromatic carbocycles. The number of hydrogen-bond donors (Lipinski definition) is 3. The Kier molecular flexibility index (Phi) is 4.22. The van der Waals surface area contributed by atoms with Crippen LogP contribution in [0.4, 0.5) is 0 Å². The van der Waals surface area contributed by atoms with Crippen molar-refractivity contribution < 1.29 is 24.9 Å². The SMILES string of the molecule is CCc1c2c(nc3ccc(O)cc13)-c1cc3c(c(=O)n1[C@@H]2CO)COC(=O)[C@]3(O)CC. The number of rotatable bonds is 3. The lowest BCUT2D eigenvalue weighted by atomic mass is 9.86. The molecular weight excluding hydrogens is 400 g/mol. The maximum Gasteiger partial charge on any atom is 0.343 e. The minimum atomic E-state index is -1.91. The van der Waals surface area contributed by atoms with Gasteiger partial charge in [0.25, 0.3) is 5.56 Å². The van der Waals surface area contributed by atoms with Gasteiger partial charge in [-0.3, -0.25) is 9.36 Å². The van der Waals surface area contributed by atoms with Crippen LogP contribution in [0.3, 0.4) is 0 Å². The van der Waals surface area contributed by atoms with Gasteiger partial charge in [0.1, 0.15) is 12.4 Å². The number of cyclic esters (lactones) is 1. The van der Waals surface area contributed by atoms with E-state index in [4.69, 9.17) is 9.72 Å². The van der Waals surface area contributed by atoms with Crippen molar-refractivity contribution in [2.24, 2.45) is 0 Å². The summed E-state index contributed by atoms with van der Waals surface area (Å²) in [5, 5.41) is 32.0. The first kappa shape index (κ1) is 19.7. The lowest BCUT2D eigenvalue weighted by molar-refractivity contribution is -0.172. The number of aromatic nitrogens is 2. The van der Waals surface area contributed by atoms with Gasteiger partial charge in [-0.25, -0.2) is 9.78 Å². The topological polar surface area (TPSA) is 122 Å². The number of ether oxygens (including phenoxy) is 1. The standard InChI is InChI=1S/C23H22N2O6/c1-3-12-13-7-11(27)5-6-16(13)24-20-17-8-15-14(10-31-22(29)23(15,30)4-2)21(28)25(17)18(9-26)19(12)20/h5-8,18,26-27,30H,3-4,9-10H2,1-2H3/t18-,23+/m1/s1. The molecule has 4 heterocycles. The van der Waals surface area contributed by atoms with Crippen molar-refractivity contribution in [3.8, 4) is 17.1 Å². The maximum atomic E-state index is 13.5. The normalized spacial score (nSPS) is 21.5. The number of pyridine rings is 2. The van der Waals surface area contributed by atoms with Gasteiger partial charge in [0.15, 0.2) is 5.60 Å². The number of aliphatic hydroxyl groups excluding tert-OH is 1. The first-order chi connectivity index (χ1) is 14.8. The van der Waals surface area contributed by atoms with Crippen molar-refractivity contribution in [1.29, 1.82) is 0 Å². The number of carbonyl (C=O) groups excluding carboxylic acids is 1. The van der Waals surface area contributed by atoms with Crippen molar-refractivity contribution in [1.82, 2.24) is 9.55 Å². The predicted octanol–water partition coefficient (Wildman–Crippen LogP) is 1.88. The molecule has 8 nitrogen and oxygen atoms in total. The van der Waals surface area contributed by atoms with E-state index in [2.05, 4.69) is 0 Å². The van der Waals surface area contributed by atoms with Gasteiger partial charge in [0.2, 0.25) is 0 Å². The molecule has 2 aliphatic heterocycles. The number of esters is 1. The third-order valence-corrected chi connectivity index (χ3v) is 6.52. The predicted molar refractivity (Wildman–Crippen MR) is 112 cm³/mol. The number of phenols is 1. The molecule has 31 heavy (non-hydrogen) atoms. The number of nitrogens with zero attached hydrogens (tertiary/aromatic N) is 2. The lowest BCUT2D eigenvalue weighted by Gasteiger charge is -2.32. The zero-order valence-electron chi connectivity index (χ0n) is 17.2. The summed E-state index contributed by atoms with van der Waals surface area (Å²) in [5.74, 6) is -0.670. The Morgan fingerprint density at radius 3 is 2.71 bits per heavy atom. The van der Waals surface area contributed by atoms with Crippen molar-refractivity contribution in [2.45, 2.75) is 44.9 Å². The molecule has 0 spiro atoms. The molecule has 3 N–H and O–H groups in total. The summed E-state index contributed by atoms with van der Waals surface area (Å²) in [6, 6.07) is 5.86. The quantitative estimate of drug-likeness (QED) is 0.551. The monoisotopic (exact) mass is 422 g/mol. The molecule has 0 amide bonds. The summed E-state index contributed by atoms with van der Waals surface area (Å²) < 4.78 is 6.59. The van der Waals surface area contributed by atoms with Gasteiger partial charge in [0, 0.05) is 16.5 Å². The summed E-state index contributed by atoms with van der Waals surface area (Å²) in [4.78, 5) is 30.6. The average molecular weight is 422 g/mol. The van der Waals surface area contributed by atoms with Crippen molar-refractivity contribution in [2.75, 3.05) is 6.61 Å². The highest BCUT2D eigenvalue weighted by Gasteiger charge is 2.46. The number of aliphatic hydroxyl groups is 2. The van der Waals surface area contributed by atoms with Crippen LogP contribution in [0.1, 0.15) is 48.6 Å². The lowest BCUT2D eigenvalue weighted by Crippen LogP contribution is -2.44. The zero-order valence-corrected chi connectivity index (χ0v) is 17.2. The average Bonchev–Trinajstić information content (AvgIpc) is 3.08. The highest BCUT2D eigenvalue weighted by atomic mass is 16.6. The van der Waals surface area contributed by atoms with Crippen LogP contribution in [-0.4, -0.2) is 37.4 Å². The molecule has 8 heteroatoms. The number of aryl methyl sites for hydroxylation is 1. The maximum absolute atomic E-state index is 13.5. The Balaban J connectivity index is 1.90. The van der Waals surface area contributed by atoms with Gasteiger partial charge in [-0.1, -0.05) is 13.8 Å². The van der Waals surface area contributed by atoms with Crippen LogP contribution in [0, 0.1) is 0 Å². The van der Waals surface area contributed by atoms with Gasteiger partial charge in [-0.15, -0.1) is 0 Å². The van der Waals surface area contributed by atoms with Crippen LogP contribution in [-0.2, 0) is 28.2 Å². The minimum Gasteiger partial charge on any atom is -0.508 e. The highest BCUT2D eigenvalue weighted by Crippen LogP contribution is 2.44. The first-order valence-electron chi connectivity index (χ1n) is 10.3. The molecule has 0 aliphatic carbocycles. The van der Waals surface area contributed by atoms with Crippen LogP contribution >= 0.6 is 0 Å². The fourth-order valence-corrected chi connectivity index (χ4v) is 4.93. The molecule has 0 radical (unpaired) electrons. The van der Waals surface area contributed by atoms with E-state index < -0.39 is 23.2 Å². The largest absolute Gasteiger partial charge is 0.508 e. The second-order valence-electron chi connectivity index (χ2n) is 7.99. The van der Waals surface area contributed by atoms with E-state index in [-0.39, 0.29) is 36.5 Å². The molecule has 3 aromatic rings. The van der Waals surface area contributed by atoms with E-state index in [1.165, 1.54) is 4.57 Å². The van der Waals surface area contributed by atoms with E-state index in [0.717, 1.165) is 16.5 Å². The molecule has 0 bridgehead atoms. The summed E-state index contributed by atoms with van der Waals surface area (Å²) in [7, 11) is 0. The molecule has 160 valence electrons. The Hall–Kier alpha value is -3.23. The van der Waals surface area contributed by atoms with Crippen LogP contribution in [0.5, 0.6) is 5.75 Å². The summed E-state index contributed by atoms with van der Waals surface area (Å²) in [5.41, 5.74) is 1.35. The van der Waals surface area contributed by atoms with Crippen LogP contribution in [0.15, 0.2) is 29.1 Å². The Labute approximate surface area is 177 Å². The number of hydrogen-bond acceptors (Lipinski definition) is 7. The van der Waals surface area contributed by atoms with E-state index in [0.29, 0.717) is 23.3 Å². The Morgan fingerprint density at radius 1 is 1.26 bits per heavy atom. The minimum absolute atomic E-state index is 0.0582. The molecule has 0 saturated carbocycles. The van der Waals surface area contributed by atoms with Crippen molar-refractivity contribution in [3.63, 3.8) is 0 Å². The molecular formula is C23H22N2O6. The second kappa shape index (κ2) is 6.63. The fourth-order valence-electron chi connectivity index (χ4n) is 4.93. The molecule has 0 fully saturated rings. The fraction of sp³-hybridized carbons (Fsp3) is 0.348. The Morgan fingerprint density at radius 2 is 2.03 bits per heavy atom. The number of carbonyl (C=O) groups is 1. The Bertz CT molecular complexity index is 1330. The number of benzene rings is 1. The molecule has 5 rings (SSSR count). The first-order valence-corrected chi connectivity index (χ1v) is 10.3. The van der Waals surface area contributed by atoms with E-state index in [1.807, 2.05) is 6.92 Å². The number of fused-ring (bicyclic) bond motifs is 5. The van der Waals surface area contributed by atoms with Gasteiger partial charge in [-0.05, 0) is 42.7 Å². The highest BCUT2D eigenvalue weighted by molar-refractivity contribution is 5.90. The summed E-state index contributed by atoms with van der Waals surface area (Å²) in [6.45, 7) is 3.06. The molecule has 0 unspecified atom stereocenters. The molecule has 2 aromatic heterocycles. The van der Waals surface area contributed by atoms with E-state index >= 15 is 0 Å². The summed E-state index contributed by atoms with van der Waals surface area (Å²) in [6.07, 6.45) is 0.660. The van der Waals surface area contributed by atoms with Gasteiger partial charge >= 0.3 is 5.97 Å². The number of phenolic OH excluding ortho intramolecular Hbond substituents is 1. The van der Waals surface area contributed by atoms with E-state index in [9.17, 15) is 24.9 Å². The van der Waals surface area contributed by atoms with E-state index in [1.54, 1.807) is 31.2 Å². The van der Waals surface area contributed by atoms with Gasteiger partial charge < -0.3 is 20.1 Å². The third-order valence-electron chi connectivity index (χ3n) is 6.52. The summed E-state index contributed by atoms with van der Waals surface area (Å²) >= 11 is 0. The second-order valence-corrected chi connectivity index (χ2v) is 7.99. The van der Waals surface area contributed by atoms with Gasteiger partial charge in [-0.2, -0.15) is 0 Å². The molecule has 0 saturated heterocycles. The van der Waals surface area contributed by atoms with Crippen molar-refractivity contribution >= 4 is 16.9 Å². The molecule has 2 aliphatic rings. The smallest absolute Gasteiger partial charge is 0.343 e. The van der Waals surface area contributed by atoms with Crippen LogP contribution in [0.25, 0.3) is 22.3 Å². The molecule has 2 atom stereocenters. The number of aromatic hydroxyl groups is 1. The van der Waals surface area contributed by atoms with Crippen LogP contribution < -0.4 is 5.56 Å².